The second-order valence-corrected chi connectivity index (χ2v) is 5.73. The second-order valence-electron chi connectivity index (χ2n) is 5.73. The average molecular weight is 353 g/mol. The molecule has 4 aromatic rings. The second kappa shape index (κ2) is 6.18. The molecule has 0 saturated heterocycles. The zero-order valence-electron chi connectivity index (χ0n) is 14.0. The standard InChI is InChI=1S/C19H13F2N3O2/c1-10-17(11(2)24-9-23-10)18-14(20)7-12(8-15(18)21)26-19-13-4-6-25-16(13)3-5-22-19/h3-9H,1-2H3. The summed E-state index contributed by atoms with van der Waals surface area (Å²) >= 11 is 0. The topological polar surface area (TPSA) is 61.0 Å². The third-order valence-electron chi connectivity index (χ3n) is 4.05. The van der Waals surface area contributed by atoms with Crippen LogP contribution < -0.4 is 4.74 Å². The molecule has 0 N–H and O–H groups in total. The Kier molecular flexibility index (Phi) is 3.84. The minimum absolute atomic E-state index is 0.00268. The molecule has 0 aliphatic rings. The van der Waals surface area contributed by atoms with Crippen molar-refractivity contribution in [1.29, 1.82) is 0 Å². The van der Waals surface area contributed by atoms with Gasteiger partial charge >= 0.3 is 0 Å². The first-order chi connectivity index (χ1) is 12.5. The van der Waals surface area contributed by atoms with E-state index in [1.807, 2.05) is 0 Å². The van der Waals surface area contributed by atoms with E-state index in [-0.39, 0.29) is 17.2 Å². The number of nitrogens with zero attached hydrogens (tertiary/aromatic N) is 3. The van der Waals surface area contributed by atoms with E-state index < -0.39 is 11.6 Å². The van der Waals surface area contributed by atoms with Gasteiger partial charge in [-0.25, -0.2) is 23.7 Å². The maximum atomic E-state index is 14.7. The van der Waals surface area contributed by atoms with Crippen LogP contribution in [0.2, 0.25) is 0 Å². The third-order valence-corrected chi connectivity index (χ3v) is 4.05. The number of hydrogen-bond donors (Lipinski definition) is 0. The van der Waals surface area contributed by atoms with Crippen LogP contribution in [0, 0.1) is 25.5 Å². The van der Waals surface area contributed by atoms with Gasteiger partial charge in [-0.2, -0.15) is 0 Å². The van der Waals surface area contributed by atoms with Crippen molar-refractivity contribution in [2.45, 2.75) is 13.8 Å². The van der Waals surface area contributed by atoms with Crippen molar-refractivity contribution < 1.29 is 17.9 Å². The van der Waals surface area contributed by atoms with Crippen LogP contribution in [0.1, 0.15) is 11.4 Å². The number of aromatic nitrogens is 3. The van der Waals surface area contributed by atoms with E-state index in [4.69, 9.17) is 9.15 Å². The molecule has 7 heteroatoms. The summed E-state index contributed by atoms with van der Waals surface area (Å²) in [5.41, 5.74) is 1.72. The Morgan fingerprint density at radius 3 is 2.31 bits per heavy atom. The van der Waals surface area contributed by atoms with Crippen molar-refractivity contribution in [1.82, 2.24) is 15.0 Å². The molecule has 0 amide bonds. The molecule has 0 bridgehead atoms. The van der Waals surface area contributed by atoms with Gasteiger partial charge in [-0.3, -0.25) is 0 Å². The third kappa shape index (κ3) is 2.67. The van der Waals surface area contributed by atoms with Crippen LogP contribution in [0.25, 0.3) is 22.1 Å². The highest BCUT2D eigenvalue weighted by molar-refractivity contribution is 5.82. The molecule has 0 fully saturated rings. The monoisotopic (exact) mass is 353 g/mol. The van der Waals surface area contributed by atoms with Crippen LogP contribution in [-0.2, 0) is 0 Å². The van der Waals surface area contributed by atoms with E-state index in [9.17, 15) is 8.78 Å². The van der Waals surface area contributed by atoms with Crippen molar-refractivity contribution in [2.24, 2.45) is 0 Å². The fraction of sp³-hybridized carbons (Fsp3) is 0.105. The molecular formula is C19H13F2N3O2. The van der Waals surface area contributed by atoms with Crippen molar-refractivity contribution in [2.75, 3.05) is 0 Å². The quantitative estimate of drug-likeness (QED) is 0.520. The minimum atomic E-state index is -0.764. The van der Waals surface area contributed by atoms with Gasteiger partial charge in [0.1, 0.15) is 29.3 Å². The van der Waals surface area contributed by atoms with Gasteiger partial charge in [0.25, 0.3) is 0 Å². The number of benzene rings is 1. The number of ether oxygens (including phenoxy) is 1. The number of hydrogen-bond acceptors (Lipinski definition) is 5. The maximum absolute atomic E-state index is 14.7. The fourth-order valence-electron chi connectivity index (χ4n) is 2.86. The van der Waals surface area contributed by atoms with E-state index in [2.05, 4.69) is 15.0 Å². The molecule has 3 aromatic heterocycles. The average Bonchev–Trinajstić information content (AvgIpc) is 3.06. The lowest BCUT2D eigenvalue weighted by molar-refractivity contribution is 0.457. The van der Waals surface area contributed by atoms with Gasteiger partial charge in [-0.05, 0) is 26.0 Å². The first-order valence-electron chi connectivity index (χ1n) is 7.82. The Bertz CT molecular complexity index is 1080. The predicted molar refractivity (Wildman–Crippen MR) is 90.9 cm³/mol. The molecule has 0 spiro atoms. The van der Waals surface area contributed by atoms with E-state index >= 15 is 0 Å². The maximum Gasteiger partial charge on any atom is 0.230 e. The summed E-state index contributed by atoms with van der Waals surface area (Å²) in [5.74, 6) is -1.32. The largest absolute Gasteiger partial charge is 0.464 e. The lowest BCUT2D eigenvalue weighted by Crippen LogP contribution is -2.00. The molecule has 0 aliphatic carbocycles. The van der Waals surface area contributed by atoms with Gasteiger partial charge in [-0.1, -0.05) is 0 Å². The molecule has 0 atom stereocenters. The summed E-state index contributed by atoms with van der Waals surface area (Å²) in [4.78, 5) is 12.1. The van der Waals surface area contributed by atoms with Crippen LogP contribution in [0.15, 0.2) is 47.5 Å². The molecule has 1 aromatic carbocycles. The van der Waals surface area contributed by atoms with Crippen molar-refractivity contribution in [3.8, 4) is 22.8 Å². The van der Waals surface area contributed by atoms with Crippen LogP contribution in [0.5, 0.6) is 11.6 Å². The number of pyridine rings is 1. The number of halogens is 2. The predicted octanol–water partition coefficient (Wildman–Crippen LogP) is 4.97. The molecule has 0 saturated carbocycles. The summed E-state index contributed by atoms with van der Waals surface area (Å²) in [6.07, 6.45) is 4.35. The number of rotatable bonds is 3. The zero-order valence-corrected chi connectivity index (χ0v) is 14.0. The highest BCUT2D eigenvalue weighted by Gasteiger charge is 2.19. The van der Waals surface area contributed by atoms with E-state index in [1.54, 1.807) is 26.0 Å². The molecular weight excluding hydrogens is 340 g/mol. The van der Waals surface area contributed by atoms with Crippen LogP contribution in [-0.4, -0.2) is 15.0 Å². The summed E-state index contributed by atoms with van der Waals surface area (Å²) in [6.45, 7) is 3.35. The number of fused-ring (bicyclic) bond motifs is 1. The Labute approximate surface area is 147 Å². The van der Waals surface area contributed by atoms with Gasteiger partial charge < -0.3 is 9.15 Å². The molecule has 130 valence electrons. The van der Waals surface area contributed by atoms with Gasteiger partial charge in [0.2, 0.25) is 5.88 Å². The highest BCUT2D eigenvalue weighted by Crippen LogP contribution is 2.35. The molecule has 0 unspecified atom stereocenters. The normalized spacial score (nSPS) is 11.1. The Balaban J connectivity index is 1.78. The lowest BCUT2D eigenvalue weighted by Gasteiger charge is -2.12. The summed E-state index contributed by atoms with van der Waals surface area (Å²) in [7, 11) is 0. The van der Waals surface area contributed by atoms with Crippen molar-refractivity contribution >= 4 is 11.0 Å². The molecule has 0 aliphatic heterocycles. The van der Waals surface area contributed by atoms with Gasteiger partial charge in [0.15, 0.2) is 0 Å². The Morgan fingerprint density at radius 1 is 0.923 bits per heavy atom. The Hall–Kier alpha value is -3.35. The molecule has 3 heterocycles. The van der Waals surface area contributed by atoms with Crippen LogP contribution >= 0.6 is 0 Å². The van der Waals surface area contributed by atoms with E-state index in [0.717, 1.165) is 12.1 Å². The summed E-state index contributed by atoms with van der Waals surface area (Å²) < 4.78 is 40.2. The zero-order chi connectivity index (χ0) is 18.3. The summed E-state index contributed by atoms with van der Waals surface area (Å²) in [6, 6.07) is 5.58. The molecule has 26 heavy (non-hydrogen) atoms. The minimum Gasteiger partial charge on any atom is -0.464 e. The van der Waals surface area contributed by atoms with Crippen LogP contribution in [0.3, 0.4) is 0 Å². The molecule has 5 nitrogen and oxygen atoms in total. The van der Waals surface area contributed by atoms with E-state index in [1.165, 1.54) is 18.8 Å². The van der Waals surface area contributed by atoms with Crippen LogP contribution in [0.4, 0.5) is 8.78 Å². The smallest absolute Gasteiger partial charge is 0.230 e. The summed E-state index contributed by atoms with van der Waals surface area (Å²) in [5, 5.41) is 0.612. The van der Waals surface area contributed by atoms with Gasteiger partial charge in [0.05, 0.1) is 17.2 Å². The first kappa shape index (κ1) is 16.1. The molecule has 0 radical (unpaired) electrons. The fourth-order valence-corrected chi connectivity index (χ4v) is 2.86. The first-order valence-corrected chi connectivity index (χ1v) is 7.82. The van der Waals surface area contributed by atoms with Gasteiger partial charge in [0, 0.05) is 35.3 Å². The van der Waals surface area contributed by atoms with Crippen molar-refractivity contribution in [3.63, 3.8) is 0 Å². The van der Waals surface area contributed by atoms with E-state index in [0.29, 0.717) is 27.9 Å². The Morgan fingerprint density at radius 2 is 1.62 bits per heavy atom. The van der Waals surface area contributed by atoms with Gasteiger partial charge in [-0.15, -0.1) is 0 Å². The molecule has 4 rings (SSSR count). The number of furan rings is 1. The van der Waals surface area contributed by atoms with Crippen molar-refractivity contribution in [3.05, 3.63) is 66.1 Å². The highest BCUT2D eigenvalue weighted by atomic mass is 19.1. The SMILES string of the molecule is Cc1ncnc(C)c1-c1c(F)cc(Oc2nccc3occc23)cc1F. The number of aryl methyl sites for hydroxylation is 2. The lowest BCUT2D eigenvalue weighted by atomic mass is 10.0.